The van der Waals surface area contributed by atoms with Crippen molar-refractivity contribution < 1.29 is 14.8 Å². The summed E-state index contributed by atoms with van der Waals surface area (Å²) >= 11 is 0. The average molecular weight is 368 g/mol. The highest BCUT2D eigenvalue weighted by atomic mass is 35.5. The van der Waals surface area contributed by atoms with Crippen LogP contribution in [0.1, 0.15) is 0 Å². The van der Waals surface area contributed by atoms with Crippen LogP contribution in [0.15, 0.2) is 54.6 Å². The number of nitrogens with zero attached hydrogens (tertiary/aromatic N) is 1. The van der Waals surface area contributed by atoms with Crippen molar-refractivity contribution in [3.8, 4) is 5.75 Å². The number of hydrogen-bond acceptors (Lipinski definition) is 6. The summed E-state index contributed by atoms with van der Waals surface area (Å²) in [4.78, 5) is 10.3. The molecule has 8 heteroatoms. The van der Waals surface area contributed by atoms with Crippen LogP contribution in [-0.2, 0) is 0 Å². The molecule has 0 radical (unpaired) electrons. The van der Waals surface area contributed by atoms with E-state index in [4.69, 9.17) is 4.74 Å². The number of non-ortho nitro benzene ring substituents is 1. The van der Waals surface area contributed by atoms with Crippen LogP contribution >= 0.6 is 12.4 Å². The molecule has 0 aliphatic rings. The van der Waals surface area contributed by atoms with Gasteiger partial charge in [0.25, 0.3) is 5.69 Å². The van der Waals surface area contributed by atoms with E-state index in [1.165, 1.54) is 12.1 Å². The Morgan fingerprint density at radius 2 is 1.88 bits per heavy atom. The van der Waals surface area contributed by atoms with Crippen LogP contribution in [0.2, 0.25) is 0 Å². The van der Waals surface area contributed by atoms with Crippen molar-refractivity contribution in [1.82, 2.24) is 5.32 Å². The Morgan fingerprint density at radius 3 is 2.60 bits per heavy atom. The normalized spacial score (nSPS) is 11.2. The third-order valence-corrected chi connectivity index (χ3v) is 3.25. The van der Waals surface area contributed by atoms with Gasteiger partial charge in [-0.15, -0.1) is 12.4 Å². The molecule has 0 aromatic heterocycles. The van der Waals surface area contributed by atoms with Crippen molar-refractivity contribution in [3.63, 3.8) is 0 Å². The van der Waals surface area contributed by atoms with Crippen LogP contribution in [0.3, 0.4) is 0 Å². The number of nitro benzene ring substituents is 1. The molecule has 7 nitrogen and oxygen atoms in total. The fraction of sp³-hybridized carbons (Fsp3) is 0.294. The van der Waals surface area contributed by atoms with Gasteiger partial charge in [-0.25, -0.2) is 0 Å². The standard InChI is InChI=1S/C17H21N3O4.ClH/c21-16(13-24-17-7-2-1-3-8-17)12-18-9-10-19-14-5-4-6-15(11-14)20(22)23;/h1-8,11,16,18-19,21H,9-10,12-13H2;1H. The number of para-hydroxylation sites is 1. The molecule has 0 fully saturated rings. The lowest BCUT2D eigenvalue weighted by Crippen LogP contribution is -2.34. The summed E-state index contributed by atoms with van der Waals surface area (Å²) in [7, 11) is 0. The number of nitrogens with one attached hydrogen (secondary N) is 2. The molecule has 0 spiro atoms. The van der Waals surface area contributed by atoms with Gasteiger partial charge in [-0.2, -0.15) is 0 Å². The zero-order valence-corrected chi connectivity index (χ0v) is 14.4. The molecule has 1 unspecified atom stereocenters. The molecule has 3 N–H and O–H groups in total. The Labute approximate surface area is 152 Å². The molecule has 25 heavy (non-hydrogen) atoms. The predicted molar refractivity (Wildman–Crippen MR) is 99.6 cm³/mol. The highest BCUT2D eigenvalue weighted by Crippen LogP contribution is 2.16. The Bertz CT molecular complexity index is 643. The first-order valence-corrected chi connectivity index (χ1v) is 7.70. The van der Waals surface area contributed by atoms with E-state index in [1.807, 2.05) is 30.3 Å². The van der Waals surface area contributed by atoms with Crippen molar-refractivity contribution in [3.05, 3.63) is 64.7 Å². The molecular weight excluding hydrogens is 346 g/mol. The largest absolute Gasteiger partial charge is 0.491 e. The Morgan fingerprint density at radius 1 is 1.12 bits per heavy atom. The summed E-state index contributed by atoms with van der Waals surface area (Å²) in [5.74, 6) is 0.726. The quantitative estimate of drug-likeness (QED) is 0.339. The van der Waals surface area contributed by atoms with Gasteiger partial charge >= 0.3 is 0 Å². The van der Waals surface area contributed by atoms with Crippen molar-refractivity contribution in [2.24, 2.45) is 0 Å². The molecule has 0 amide bonds. The molecular formula is C17H22ClN3O4. The third-order valence-electron chi connectivity index (χ3n) is 3.25. The van der Waals surface area contributed by atoms with E-state index >= 15 is 0 Å². The number of rotatable bonds is 10. The molecule has 0 saturated carbocycles. The molecule has 0 heterocycles. The molecule has 2 aromatic rings. The summed E-state index contributed by atoms with van der Waals surface area (Å²) < 4.78 is 5.46. The molecule has 0 saturated heterocycles. The number of ether oxygens (including phenoxy) is 1. The van der Waals surface area contributed by atoms with Crippen molar-refractivity contribution in [2.75, 3.05) is 31.6 Å². The second kappa shape index (κ2) is 11.2. The minimum atomic E-state index is -0.608. The number of nitro groups is 1. The van der Waals surface area contributed by atoms with E-state index in [-0.39, 0.29) is 24.7 Å². The topological polar surface area (TPSA) is 96.7 Å². The minimum absolute atomic E-state index is 0. The van der Waals surface area contributed by atoms with Gasteiger partial charge < -0.3 is 20.5 Å². The van der Waals surface area contributed by atoms with Gasteiger partial charge in [-0.3, -0.25) is 10.1 Å². The number of halogens is 1. The smallest absolute Gasteiger partial charge is 0.271 e. The number of aliphatic hydroxyl groups is 1. The summed E-state index contributed by atoms with van der Waals surface area (Å²) in [6.07, 6.45) is -0.608. The van der Waals surface area contributed by atoms with E-state index in [1.54, 1.807) is 12.1 Å². The molecule has 0 aliphatic heterocycles. The Hall–Kier alpha value is -2.35. The van der Waals surface area contributed by atoms with Crippen LogP contribution in [-0.4, -0.2) is 42.4 Å². The monoisotopic (exact) mass is 367 g/mol. The average Bonchev–Trinajstić information content (AvgIpc) is 2.61. The van der Waals surface area contributed by atoms with Gasteiger partial charge in [0.05, 0.1) is 4.92 Å². The maximum Gasteiger partial charge on any atom is 0.271 e. The first kappa shape index (κ1) is 20.7. The van der Waals surface area contributed by atoms with Gasteiger partial charge in [0.2, 0.25) is 0 Å². The minimum Gasteiger partial charge on any atom is -0.491 e. The zero-order chi connectivity index (χ0) is 17.2. The van der Waals surface area contributed by atoms with Gasteiger partial charge in [-0.1, -0.05) is 24.3 Å². The fourth-order valence-electron chi connectivity index (χ4n) is 2.06. The van der Waals surface area contributed by atoms with Crippen LogP contribution < -0.4 is 15.4 Å². The Balaban J connectivity index is 0.00000312. The zero-order valence-electron chi connectivity index (χ0n) is 13.6. The van der Waals surface area contributed by atoms with E-state index in [0.717, 1.165) is 5.75 Å². The number of hydrogen-bond donors (Lipinski definition) is 3. The molecule has 136 valence electrons. The number of benzene rings is 2. The second-order valence-electron chi connectivity index (χ2n) is 5.22. The molecule has 2 aromatic carbocycles. The SMILES string of the molecule is Cl.O=[N+]([O-])c1cccc(NCCNCC(O)COc2ccccc2)c1. The van der Waals surface area contributed by atoms with E-state index in [2.05, 4.69) is 10.6 Å². The summed E-state index contributed by atoms with van der Waals surface area (Å²) in [6, 6.07) is 15.7. The third kappa shape index (κ3) is 7.84. The van der Waals surface area contributed by atoms with Gasteiger partial charge in [0.15, 0.2) is 0 Å². The molecule has 0 aliphatic carbocycles. The van der Waals surface area contributed by atoms with Gasteiger partial charge in [-0.05, 0) is 18.2 Å². The maximum atomic E-state index is 10.7. The highest BCUT2D eigenvalue weighted by Gasteiger charge is 2.06. The lowest BCUT2D eigenvalue weighted by Gasteiger charge is -2.13. The van der Waals surface area contributed by atoms with Crippen molar-refractivity contribution >= 4 is 23.8 Å². The second-order valence-corrected chi connectivity index (χ2v) is 5.22. The maximum absolute atomic E-state index is 10.7. The molecule has 2 rings (SSSR count). The number of anilines is 1. The first-order chi connectivity index (χ1) is 11.6. The molecule has 1 atom stereocenters. The molecule has 0 bridgehead atoms. The summed E-state index contributed by atoms with van der Waals surface area (Å²) in [5, 5.41) is 26.7. The highest BCUT2D eigenvalue weighted by molar-refractivity contribution is 5.85. The van der Waals surface area contributed by atoms with E-state index in [9.17, 15) is 15.2 Å². The van der Waals surface area contributed by atoms with Crippen molar-refractivity contribution in [1.29, 1.82) is 0 Å². The van der Waals surface area contributed by atoms with Crippen LogP contribution in [0.4, 0.5) is 11.4 Å². The van der Waals surface area contributed by atoms with E-state index < -0.39 is 11.0 Å². The Kier molecular flexibility index (Phi) is 9.31. The summed E-state index contributed by atoms with van der Waals surface area (Å²) in [5.41, 5.74) is 0.750. The first-order valence-electron chi connectivity index (χ1n) is 7.70. The summed E-state index contributed by atoms with van der Waals surface area (Å²) in [6.45, 7) is 1.83. The fourth-order valence-corrected chi connectivity index (χ4v) is 2.06. The van der Waals surface area contributed by atoms with Gasteiger partial charge in [0, 0.05) is 37.5 Å². The van der Waals surface area contributed by atoms with Crippen LogP contribution in [0.5, 0.6) is 5.75 Å². The van der Waals surface area contributed by atoms with Crippen LogP contribution in [0.25, 0.3) is 0 Å². The lowest BCUT2D eigenvalue weighted by molar-refractivity contribution is -0.384. The van der Waals surface area contributed by atoms with E-state index in [0.29, 0.717) is 25.3 Å². The van der Waals surface area contributed by atoms with Crippen LogP contribution in [0, 0.1) is 10.1 Å². The van der Waals surface area contributed by atoms with Crippen molar-refractivity contribution in [2.45, 2.75) is 6.10 Å². The number of aliphatic hydroxyl groups excluding tert-OH is 1. The van der Waals surface area contributed by atoms with Gasteiger partial charge in [0.1, 0.15) is 18.5 Å². The lowest BCUT2D eigenvalue weighted by atomic mass is 10.3. The predicted octanol–water partition coefficient (Wildman–Crippen LogP) is 2.46.